The molecule has 0 radical (unpaired) electrons. The average Bonchev–Trinajstić information content (AvgIpc) is 2.55. The Kier molecular flexibility index (Phi) is 3.73. The van der Waals surface area contributed by atoms with E-state index >= 15 is 0 Å². The van der Waals surface area contributed by atoms with Crippen LogP contribution in [0, 0.1) is 5.92 Å². The Labute approximate surface area is 74.5 Å². The van der Waals surface area contributed by atoms with Gasteiger partial charge in [0, 0.05) is 6.42 Å². The summed E-state index contributed by atoms with van der Waals surface area (Å²) >= 11 is 0. The Morgan fingerprint density at radius 2 is 2.08 bits per heavy atom. The quantitative estimate of drug-likeness (QED) is 0.698. The van der Waals surface area contributed by atoms with E-state index in [2.05, 4.69) is 0 Å². The first-order valence-electron chi connectivity index (χ1n) is 5.02. The zero-order valence-corrected chi connectivity index (χ0v) is 7.88. The van der Waals surface area contributed by atoms with Gasteiger partial charge in [-0.05, 0) is 12.3 Å². The first kappa shape index (κ1) is 9.72. The highest BCUT2D eigenvalue weighted by Crippen LogP contribution is 2.27. The number of hydrogen-bond donors (Lipinski definition) is 1. The third-order valence-corrected chi connectivity index (χ3v) is 2.82. The standard InChI is InChI=1S/C10H19NO/c1-2-9(11)10(12)7-8-5-3-4-6-8/h8-9H,2-7,11H2,1H3. The van der Waals surface area contributed by atoms with Crippen LogP contribution in [0.2, 0.25) is 0 Å². The minimum Gasteiger partial charge on any atom is -0.322 e. The van der Waals surface area contributed by atoms with E-state index in [1.807, 2.05) is 6.92 Å². The molecule has 70 valence electrons. The van der Waals surface area contributed by atoms with E-state index in [1.165, 1.54) is 25.7 Å². The third kappa shape index (κ3) is 2.59. The average molecular weight is 169 g/mol. The molecule has 1 aliphatic rings. The maximum atomic E-state index is 11.4. The fourth-order valence-electron chi connectivity index (χ4n) is 1.88. The van der Waals surface area contributed by atoms with Gasteiger partial charge in [0.2, 0.25) is 0 Å². The molecule has 0 saturated heterocycles. The normalized spacial score (nSPS) is 21.2. The van der Waals surface area contributed by atoms with Crippen LogP contribution in [-0.2, 0) is 4.79 Å². The molecule has 1 fully saturated rings. The maximum Gasteiger partial charge on any atom is 0.149 e. The first-order valence-corrected chi connectivity index (χ1v) is 5.02. The molecule has 2 nitrogen and oxygen atoms in total. The van der Waals surface area contributed by atoms with Gasteiger partial charge in [0.05, 0.1) is 6.04 Å². The fourth-order valence-corrected chi connectivity index (χ4v) is 1.88. The zero-order chi connectivity index (χ0) is 8.97. The smallest absolute Gasteiger partial charge is 0.149 e. The molecule has 1 rings (SSSR count). The molecule has 1 aliphatic carbocycles. The highest BCUT2D eigenvalue weighted by atomic mass is 16.1. The van der Waals surface area contributed by atoms with Crippen molar-refractivity contribution in [1.82, 2.24) is 0 Å². The van der Waals surface area contributed by atoms with Crippen LogP contribution in [0.3, 0.4) is 0 Å². The van der Waals surface area contributed by atoms with E-state index in [4.69, 9.17) is 5.73 Å². The second kappa shape index (κ2) is 4.61. The molecular formula is C10H19NO. The van der Waals surface area contributed by atoms with Crippen LogP contribution in [0.5, 0.6) is 0 Å². The van der Waals surface area contributed by atoms with E-state index in [-0.39, 0.29) is 11.8 Å². The van der Waals surface area contributed by atoms with Crippen LogP contribution >= 0.6 is 0 Å². The number of rotatable bonds is 4. The van der Waals surface area contributed by atoms with Crippen molar-refractivity contribution in [2.75, 3.05) is 0 Å². The van der Waals surface area contributed by atoms with E-state index < -0.39 is 0 Å². The summed E-state index contributed by atoms with van der Waals surface area (Å²) in [6.45, 7) is 1.97. The van der Waals surface area contributed by atoms with Gasteiger partial charge in [-0.2, -0.15) is 0 Å². The molecule has 1 unspecified atom stereocenters. The fraction of sp³-hybridized carbons (Fsp3) is 0.900. The lowest BCUT2D eigenvalue weighted by Gasteiger charge is -2.11. The predicted octanol–water partition coefficient (Wildman–Crippen LogP) is 1.87. The van der Waals surface area contributed by atoms with E-state index in [9.17, 15) is 4.79 Å². The predicted molar refractivity (Wildman–Crippen MR) is 49.8 cm³/mol. The molecular weight excluding hydrogens is 150 g/mol. The van der Waals surface area contributed by atoms with Gasteiger partial charge in [-0.1, -0.05) is 32.6 Å². The van der Waals surface area contributed by atoms with Crippen LogP contribution in [0.1, 0.15) is 45.4 Å². The van der Waals surface area contributed by atoms with Crippen molar-refractivity contribution in [3.05, 3.63) is 0 Å². The van der Waals surface area contributed by atoms with Gasteiger partial charge in [-0.25, -0.2) is 0 Å². The van der Waals surface area contributed by atoms with Crippen molar-refractivity contribution in [3.63, 3.8) is 0 Å². The summed E-state index contributed by atoms with van der Waals surface area (Å²) < 4.78 is 0. The number of ketones is 1. The molecule has 0 aromatic heterocycles. The van der Waals surface area contributed by atoms with Crippen molar-refractivity contribution >= 4 is 5.78 Å². The molecule has 0 heterocycles. The second-order valence-electron chi connectivity index (χ2n) is 3.84. The number of hydrogen-bond acceptors (Lipinski definition) is 2. The van der Waals surface area contributed by atoms with Crippen molar-refractivity contribution in [2.24, 2.45) is 11.7 Å². The van der Waals surface area contributed by atoms with Gasteiger partial charge in [-0.15, -0.1) is 0 Å². The molecule has 0 aliphatic heterocycles. The molecule has 2 N–H and O–H groups in total. The van der Waals surface area contributed by atoms with Crippen LogP contribution in [-0.4, -0.2) is 11.8 Å². The third-order valence-electron chi connectivity index (χ3n) is 2.82. The van der Waals surface area contributed by atoms with Crippen LogP contribution in [0.4, 0.5) is 0 Å². The van der Waals surface area contributed by atoms with Gasteiger partial charge in [0.25, 0.3) is 0 Å². The topological polar surface area (TPSA) is 43.1 Å². The van der Waals surface area contributed by atoms with E-state index in [0.717, 1.165) is 12.8 Å². The van der Waals surface area contributed by atoms with Crippen molar-refractivity contribution in [1.29, 1.82) is 0 Å². The lowest BCUT2D eigenvalue weighted by Crippen LogP contribution is -2.30. The van der Waals surface area contributed by atoms with Gasteiger partial charge in [0.1, 0.15) is 5.78 Å². The summed E-state index contributed by atoms with van der Waals surface area (Å²) in [6.07, 6.45) is 6.60. The van der Waals surface area contributed by atoms with Gasteiger partial charge >= 0.3 is 0 Å². The zero-order valence-electron chi connectivity index (χ0n) is 7.88. The molecule has 0 aromatic carbocycles. The summed E-state index contributed by atoms with van der Waals surface area (Å²) in [7, 11) is 0. The Hall–Kier alpha value is -0.370. The number of nitrogens with two attached hydrogens (primary N) is 1. The second-order valence-corrected chi connectivity index (χ2v) is 3.84. The van der Waals surface area contributed by atoms with Gasteiger partial charge in [0.15, 0.2) is 0 Å². The Balaban J connectivity index is 2.25. The highest BCUT2D eigenvalue weighted by Gasteiger charge is 2.20. The van der Waals surface area contributed by atoms with Crippen LogP contribution < -0.4 is 5.73 Å². The first-order chi connectivity index (χ1) is 5.74. The Morgan fingerprint density at radius 3 is 2.58 bits per heavy atom. The van der Waals surface area contributed by atoms with Crippen molar-refractivity contribution in [3.8, 4) is 0 Å². The van der Waals surface area contributed by atoms with E-state index in [1.54, 1.807) is 0 Å². The minimum atomic E-state index is -0.203. The molecule has 1 saturated carbocycles. The molecule has 12 heavy (non-hydrogen) atoms. The van der Waals surface area contributed by atoms with Crippen LogP contribution in [0.25, 0.3) is 0 Å². The summed E-state index contributed by atoms with van der Waals surface area (Å²) in [5.41, 5.74) is 5.65. The largest absolute Gasteiger partial charge is 0.322 e. The monoisotopic (exact) mass is 169 g/mol. The molecule has 0 amide bonds. The van der Waals surface area contributed by atoms with Crippen molar-refractivity contribution < 1.29 is 4.79 Å². The Bertz CT molecular complexity index is 150. The van der Waals surface area contributed by atoms with E-state index in [0.29, 0.717) is 5.92 Å². The van der Waals surface area contributed by atoms with Crippen LogP contribution in [0.15, 0.2) is 0 Å². The summed E-state index contributed by atoms with van der Waals surface area (Å²) in [6, 6.07) is -0.203. The lowest BCUT2D eigenvalue weighted by atomic mass is 9.97. The summed E-state index contributed by atoms with van der Waals surface area (Å²) in [4.78, 5) is 11.4. The molecule has 1 atom stereocenters. The Morgan fingerprint density at radius 1 is 1.50 bits per heavy atom. The number of Topliss-reactive ketones (excluding diaryl/α,β-unsaturated/α-hetero) is 1. The number of carbonyl (C=O) groups is 1. The van der Waals surface area contributed by atoms with Crippen molar-refractivity contribution in [2.45, 2.75) is 51.5 Å². The molecule has 0 aromatic rings. The molecule has 0 spiro atoms. The summed E-state index contributed by atoms with van der Waals surface area (Å²) in [5, 5.41) is 0. The lowest BCUT2D eigenvalue weighted by molar-refractivity contribution is -0.121. The van der Waals surface area contributed by atoms with Gasteiger partial charge in [-0.3, -0.25) is 4.79 Å². The molecule has 2 heteroatoms. The van der Waals surface area contributed by atoms with Gasteiger partial charge < -0.3 is 5.73 Å². The highest BCUT2D eigenvalue weighted by molar-refractivity contribution is 5.83. The number of carbonyl (C=O) groups excluding carboxylic acids is 1. The SMILES string of the molecule is CCC(N)C(=O)CC1CCCC1. The minimum absolute atomic E-state index is 0.203. The maximum absolute atomic E-state index is 11.4. The molecule has 0 bridgehead atoms. The summed E-state index contributed by atoms with van der Waals surface area (Å²) in [5.74, 6) is 0.916.